The summed E-state index contributed by atoms with van der Waals surface area (Å²) in [6, 6.07) is 109. The molecule has 23 aromatic rings. The number of aromatic nitrogens is 8. The van der Waals surface area contributed by atoms with Crippen molar-refractivity contribution in [1.29, 1.82) is 0 Å². The molecule has 0 aliphatic heterocycles. The van der Waals surface area contributed by atoms with Crippen molar-refractivity contribution in [3.63, 3.8) is 0 Å². The van der Waals surface area contributed by atoms with Gasteiger partial charge in [-0.05, 0) is 310 Å². The molecule has 145 heavy (non-hydrogen) atoms. The second-order valence-electron chi connectivity index (χ2n) is 41.9. The average molecular weight is 2600 g/mol. The van der Waals surface area contributed by atoms with Gasteiger partial charge in [-0.2, -0.15) is 0 Å². The summed E-state index contributed by atoms with van der Waals surface area (Å²) in [6.07, 6.45) is 13.6. The first-order valence-corrected chi connectivity index (χ1v) is 50.9. The Hall–Kier alpha value is -12.3. The van der Waals surface area contributed by atoms with Crippen molar-refractivity contribution in [1.82, 2.24) is 37.5 Å². The maximum absolute atomic E-state index is 5.08. The van der Waals surface area contributed by atoms with Crippen molar-refractivity contribution in [2.45, 2.75) is 206 Å². The summed E-state index contributed by atoms with van der Waals surface area (Å²) in [4.78, 5) is 20.1. The summed E-state index contributed by atoms with van der Waals surface area (Å²) in [5, 5.41) is 14.2. The molecule has 2 fully saturated rings. The fourth-order valence-electron chi connectivity index (χ4n) is 22.1. The molecule has 0 bridgehead atoms. The van der Waals surface area contributed by atoms with E-state index in [1.807, 2.05) is 30.5 Å². The third-order valence-electron chi connectivity index (χ3n) is 30.7. The third kappa shape index (κ3) is 18.6. The van der Waals surface area contributed by atoms with Crippen LogP contribution in [0.25, 0.3) is 188 Å². The predicted molar refractivity (Wildman–Crippen MR) is 596 cm³/mol. The molecule has 8 heterocycles. The molecule has 734 valence electrons. The molecule has 0 unspecified atom stereocenters. The Labute approximate surface area is 907 Å². The van der Waals surface area contributed by atoms with Crippen molar-refractivity contribution in [3.05, 3.63) is 404 Å². The summed E-state index contributed by atoms with van der Waals surface area (Å²) in [7, 11) is 0. The molecular weight excluding hydrogens is 2480 g/mol. The Morgan fingerprint density at radius 3 is 0.807 bits per heavy atom. The number of rotatable bonds is 14. The minimum atomic E-state index is 0. The SMILES string of the molecule is Cc1cc2c3ccc[c-]c3c3ncc(-c4c(-c5ccccc5)cc(C(C)C)cc4-c4ccccc4)n3c2cc1C.Cc1cc2c3ccc[c-]c3c3ncc(-c4c(C(C)C)cc(C(C)C)cc4C(C)C)n3c2cc1C.Cc1cc2c3ccc[c-]c3c3ncc(-c4c(C)cc(-c5ccccc5)cc4C)n3c2cc1C.Cc1cc2c3ccc[c-]c3c3ncc(-c4c(C5CC5)cc(C(C)C)cc4C4CC4)n3c2cc1C.[Ir].[Ir].[Ir].[Ir]. The number of hydrogen-bond acceptors (Lipinski definition) is 4. The molecule has 4 radical (unpaired) electrons. The van der Waals surface area contributed by atoms with Crippen LogP contribution in [0.5, 0.6) is 0 Å². The van der Waals surface area contributed by atoms with Gasteiger partial charge in [0.1, 0.15) is 0 Å². The van der Waals surface area contributed by atoms with Crippen molar-refractivity contribution < 1.29 is 80.4 Å². The van der Waals surface area contributed by atoms with E-state index in [1.165, 1.54) is 241 Å². The smallest absolute Gasteiger partial charge is 0.0646 e. The molecule has 0 amide bonds. The molecule has 15 aromatic carbocycles. The van der Waals surface area contributed by atoms with Crippen LogP contribution in [0.2, 0.25) is 0 Å². The van der Waals surface area contributed by atoms with Crippen molar-refractivity contribution in [3.8, 4) is 78.4 Å². The second kappa shape index (κ2) is 41.6. The van der Waals surface area contributed by atoms with Crippen molar-refractivity contribution in [2.24, 2.45) is 0 Å². The van der Waals surface area contributed by atoms with E-state index in [1.54, 1.807) is 11.1 Å². The predicted octanol–water partition coefficient (Wildman–Crippen LogP) is 35.9. The molecule has 0 spiro atoms. The summed E-state index contributed by atoms with van der Waals surface area (Å²) >= 11 is 0. The summed E-state index contributed by atoms with van der Waals surface area (Å²) in [6.45, 7) is 45.0. The summed E-state index contributed by atoms with van der Waals surface area (Å²) in [5.74, 6) is 3.66. The largest absolute Gasteiger partial charge is 0.333 e. The molecule has 8 nitrogen and oxygen atoms in total. The first-order valence-electron chi connectivity index (χ1n) is 50.9. The van der Waals surface area contributed by atoms with Crippen molar-refractivity contribution >= 4 is 109 Å². The van der Waals surface area contributed by atoms with Crippen molar-refractivity contribution in [2.75, 3.05) is 0 Å². The first kappa shape index (κ1) is 103. The third-order valence-corrected chi connectivity index (χ3v) is 30.7. The number of benzene rings is 15. The number of aryl methyl sites for hydroxylation is 10. The van der Waals surface area contributed by atoms with Crippen LogP contribution in [0, 0.1) is 93.5 Å². The minimum Gasteiger partial charge on any atom is -0.333 e. The molecule has 25 rings (SSSR count). The van der Waals surface area contributed by atoms with Gasteiger partial charge in [-0.1, -0.05) is 255 Å². The van der Waals surface area contributed by atoms with E-state index < -0.39 is 0 Å². The van der Waals surface area contributed by atoms with Gasteiger partial charge in [0.25, 0.3) is 0 Å². The van der Waals surface area contributed by atoms with Crippen LogP contribution in [0.1, 0.15) is 231 Å². The summed E-state index contributed by atoms with van der Waals surface area (Å²) < 4.78 is 9.54. The number of fused-ring (bicyclic) bond motifs is 24. The van der Waals surface area contributed by atoms with Gasteiger partial charge in [0.05, 0.1) is 45.4 Å². The summed E-state index contributed by atoms with van der Waals surface area (Å²) in [5.41, 5.74) is 49.1. The van der Waals surface area contributed by atoms with Crippen LogP contribution in [-0.4, -0.2) is 37.5 Å². The minimum absolute atomic E-state index is 0. The van der Waals surface area contributed by atoms with Gasteiger partial charge in [0.15, 0.2) is 0 Å². The molecule has 0 saturated heterocycles. The van der Waals surface area contributed by atoms with Gasteiger partial charge in [0, 0.05) is 150 Å². The molecule has 2 aliphatic rings. The van der Waals surface area contributed by atoms with E-state index in [0.29, 0.717) is 41.4 Å². The molecule has 2 aliphatic carbocycles. The molecule has 0 atom stereocenters. The molecule has 2 saturated carbocycles. The second-order valence-corrected chi connectivity index (χ2v) is 41.9. The fraction of sp³-hybridized carbons (Fsp3) is 0.233. The van der Waals surface area contributed by atoms with Gasteiger partial charge in [-0.25, -0.2) is 0 Å². The van der Waals surface area contributed by atoms with E-state index in [9.17, 15) is 0 Å². The zero-order valence-electron chi connectivity index (χ0n) is 86.4. The topological polar surface area (TPSA) is 69.2 Å². The maximum Gasteiger partial charge on any atom is 0.0646 e. The van der Waals surface area contributed by atoms with Gasteiger partial charge in [-0.3, -0.25) is 19.9 Å². The van der Waals surface area contributed by atoms with E-state index in [-0.39, 0.29) is 80.4 Å². The fourth-order valence-corrected chi connectivity index (χ4v) is 22.1. The monoisotopic (exact) mass is 2600 g/mol. The van der Waals surface area contributed by atoms with Crippen LogP contribution in [0.3, 0.4) is 0 Å². The Balaban J connectivity index is 0.000000126. The Bertz CT molecular complexity index is 8600. The van der Waals surface area contributed by atoms with Crippen LogP contribution in [0.15, 0.2) is 286 Å². The number of nitrogens with zero attached hydrogens (tertiary/aromatic N) is 8. The molecule has 8 aromatic heterocycles. The number of imidazole rings is 4. The average Bonchev–Trinajstić information content (AvgIpc) is 1.58. The van der Waals surface area contributed by atoms with Crippen LogP contribution in [-0.2, 0) is 80.4 Å². The van der Waals surface area contributed by atoms with Gasteiger partial charge in [-0.15, -0.1) is 119 Å². The van der Waals surface area contributed by atoms with Crippen LogP contribution >= 0.6 is 0 Å². The van der Waals surface area contributed by atoms with E-state index in [4.69, 9.17) is 19.9 Å². The van der Waals surface area contributed by atoms with E-state index >= 15 is 0 Å². The van der Waals surface area contributed by atoms with E-state index in [2.05, 4.69) is 436 Å². The normalized spacial score (nSPS) is 12.6. The number of pyridine rings is 4. The first-order chi connectivity index (χ1) is 68.2. The molecule has 12 heteroatoms. The zero-order chi connectivity index (χ0) is 97.5. The molecule has 0 N–H and O–H groups in total. The Morgan fingerprint density at radius 1 is 0.241 bits per heavy atom. The zero-order valence-corrected chi connectivity index (χ0v) is 96.0. The van der Waals surface area contributed by atoms with Crippen LogP contribution in [0.4, 0.5) is 0 Å². The van der Waals surface area contributed by atoms with E-state index in [0.717, 1.165) is 55.5 Å². The standard InChI is InChI=1S/C38H31N2.C32H31N2.C32H35N2.C31H25N2.4Ir/c1-24(2)29-21-32(27-13-7-5-8-14-27)37(33(22-29)28-15-9-6-10-16-28)36-23-39-38-31-18-12-11-17-30(31)34-19-25(3)26(4)20-35(34)40(36)38;1-18(2)23-15-26(21-9-10-21)31(27(16-23)22-11-12-22)30-17-33-32-25-8-6-5-7-24(25)28-13-19(3)20(4)14-29(28)34(30)32;1-18(2)23-15-26(19(3)4)31(27(16-23)20(5)6)30-17-33-32-25-12-10-9-11-24(25)28-13-21(7)22(8)14-29(28)34(30)32;1-19-16-27-25-12-8-9-13-26(25)31-32-18-29(33(31)28(27)17-20(19)2)30-21(3)14-24(15-22(30)4)23-10-6-5-7-11-23;;;;/h5-17,19-24H,1-4H3;5-7,13-18,21-22H,9-12H2,1-4H3;9-11,13-20H,1-8H3;5-12,14-18H,1-4H3;;;;/q4*-1;;;;. The number of hydrogen-bond donors (Lipinski definition) is 0. The van der Waals surface area contributed by atoms with Crippen LogP contribution < -0.4 is 0 Å². The maximum atomic E-state index is 5.08. The van der Waals surface area contributed by atoms with Gasteiger partial charge < -0.3 is 17.6 Å². The van der Waals surface area contributed by atoms with Gasteiger partial charge >= 0.3 is 0 Å². The van der Waals surface area contributed by atoms with Gasteiger partial charge in [0.2, 0.25) is 0 Å². The Kier molecular flexibility index (Phi) is 29.5. The Morgan fingerprint density at radius 2 is 0.510 bits per heavy atom. The quantitative estimate of drug-likeness (QED) is 0.0804. The molecular formula is C133H122Ir4N8-4.